The molecule has 4 aromatic rings. The van der Waals surface area contributed by atoms with Crippen LogP contribution >= 0.6 is 27.5 Å². The molecule has 2 aromatic heterocycles. The average Bonchev–Trinajstić information content (AvgIpc) is 3.33. The highest BCUT2D eigenvalue weighted by molar-refractivity contribution is 9.10. The average molecular weight is 502 g/mol. The Morgan fingerprint density at radius 2 is 2.06 bits per heavy atom. The van der Waals surface area contributed by atoms with Gasteiger partial charge in [0.15, 0.2) is 5.69 Å². The molecule has 9 heteroatoms. The number of hydrogen-bond donors (Lipinski definition) is 1. The maximum Gasteiger partial charge on any atom is 0.278 e. The van der Waals surface area contributed by atoms with Gasteiger partial charge in [0, 0.05) is 16.9 Å². The summed E-state index contributed by atoms with van der Waals surface area (Å²) < 4.78 is 13.7. The van der Waals surface area contributed by atoms with Crippen molar-refractivity contribution < 1.29 is 14.1 Å². The molecule has 0 saturated carbocycles. The van der Waals surface area contributed by atoms with Crippen LogP contribution in [0.15, 0.2) is 69.9 Å². The van der Waals surface area contributed by atoms with Gasteiger partial charge < -0.3 is 14.6 Å². The minimum atomic E-state index is -0.370. The first kappa shape index (κ1) is 21.1. The molecule has 0 fully saturated rings. The third-order valence-electron chi connectivity index (χ3n) is 4.53. The number of halogens is 2. The van der Waals surface area contributed by atoms with Crippen molar-refractivity contribution in [3.05, 3.63) is 93.0 Å². The highest BCUT2D eigenvalue weighted by atomic mass is 79.9. The lowest BCUT2D eigenvalue weighted by Crippen LogP contribution is -2.15. The maximum atomic E-state index is 12.8. The Balaban J connectivity index is 1.45. The molecule has 1 amide bonds. The van der Waals surface area contributed by atoms with Gasteiger partial charge in [0.25, 0.3) is 5.91 Å². The van der Waals surface area contributed by atoms with E-state index in [1.54, 1.807) is 42.1 Å². The number of rotatable bonds is 7. The zero-order chi connectivity index (χ0) is 21.8. The summed E-state index contributed by atoms with van der Waals surface area (Å²) in [6.07, 6.45) is 3.61. The number of nitrogens with zero attached hydrogens (tertiary/aromatic N) is 3. The van der Waals surface area contributed by atoms with Gasteiger partial charge in [-0.3, -0.25) is 9.48 Å². The van der Waals surface area contributed by atoms with Gasteiger partial charge in [-0.15, -0.1) is 0 Å². The molecule has 0 radical (unpaired) electrons. The lowest BCUT2D eigenvalue weighted by atomic mass is 10.1. The lowest BCUT2D eigenvalue weighted by Gasteiger charge is -2.09. The number of aromatic nitrogens is 3. The van der Waals surface area contributed by atoms with Crippen molar-refractivity contribution in [2.24, 2.45) is 0 Å². The first-order valence-electron chi connectivity index (χ1n) is 9.40. The lowest BCUT2D eigenvalue weighted by molar-refractivity contribution is 0.101. The van der Waals surface area contributed by atoms with Crippen molar-refractivity contribution in [2.45, 2.75) is 20.1 Å². The Kier molecular flexibility index (Phi) is 6.39. The van der Waals surface area contributed by atoms with E-state index in [0.29, 0.717) is 34.3 Å². The van der Waals surface area contributed by atoms with Gasteiger partial charge in [0.05, 0.1) is 22.8 Å². The van der Waals surface area contributed by atoms with Gasteiger partial charge in [-0.05, 0) is 64.8 Å². The van der Waals surface area contributed by atoms with Crippen LogP contribution in [0.2, 0.25) is 5.02 Å². The number of carbonyl (C=O) groups excluding carboxylic acids is 1. The van der Waals surface area contributed by atoms with Gasteiger partial charge in [0.1, 0.15) is 18.1 Å². The quantitative estimate of drug-likeness (QED) is 0.363. The minimum absolute atomic E-state index is 0.147. The highest BCUT2D eigenvalue weighted by Crippen LogP contribution is 2.21. The van der Waals surface area contributed by atoms with E-state index in [0.717, 1.165) is 10.0 Å². The fourth-order valence-electron chi connectivity index (χ4n) is 2.98. The first-order chi connectivity index (χ1) is 15.0. The SMILES string of the molecule is Cc1onc(C(=O)Nc2cccc(Cn3cc(Br)cn3)c2)c1COc1ccc(Cl)cc1. The molecule has 7 nitrogen and oxygen atoms in total. The second-order valence-corrected chi connectivity index (χ2v) is 8.17. The maximum absolute atomic E-state index is 12.8. The van der Waals surface area contributed by atoms with Crippen LogP contribution in [0.4, 0.5) is 5.69 Å². The molecular formula is C22H18BrClN4O3. The third-order valence-corrected chi connectivity index (χ3v) is 5.19. The van der Waals surface area contributed by atoms with Gasteiger partial charge in [-0.2, -0.15) is 5.10 Å². The standard InChI is InChI=1S/C22H18BrClN4O3/c1-14-20(13-30-19-7-5-17(24)6-8-19)21(27-31-14)22(29)26-18-4-2-3-15(9-18)11-28-12-16(23)10-25-28/h2-10,12H,11,13H2,1H3,(H,26,29). The summed E-state index contributed by atoms with van der Waals surface area (Å²) in [6.45, 7) is 2.47. The molecule has 158 valence electrons. The molecule has 4 rings (SSSR count). The molecular weight excluding hydrogens is 484 g/mol. The second kappa shape index (κ2) is 9.36. The number of hydrogen-bond acceptors (Lipinski definition) is 5. The van der Waals surface area contributed by atoms with Crippen LogP contribution in [-0.4, -0.2) is 20.8 Å². The number of aryl methyl sites for hydroxylation is 1. The van der Waals surface area contributed by atoms with E-state index in [2.05, 4.69) is 31.5 Å². The largest absolute Gasteiger partial charge is 0.489 e. The molecule has 0 aliphatic heterocycles. The Bertz CT molecular complexity index is 1200. The van der Waals surface area contributed by atoms with Crippen molar-refractivity contribution in [3.8, 4) is 5.75 Å². The Morgan fingerprint density at radius 3 is 2.81 bits per heavy atom. The summed E-state index contributed by atoms with van der Waals surface area (Å²) in [5.74, 6) is 0.789. The predicted octanol–water partition coefficient (Wildman–Crippen LogP) is 5.48. The van der Waals surface area contributed by atoms with E-state index in [9.17, 15) is 4.79 Å². The molecule has 2 aromatic carbocycles. The zero-order valence-electron chi connectivity index (χ0n) is 16.5. The van der Waals surface area contributed by atoms with Crippen LogP contribution in [0.5, 0.6) is 5.75 Å². The van der Waals surface area contributed by atoms with Gasteiger partial charge in [-0.1, -0.05) is 28.9 Å². The van der Waals surface area contributed by atoms with E-state index >= 15 is 0 Å². The van der Waals surface area contributed by atoms with Crippen molar-refractivity contribution in [2.75, 3.05) is 5.32 Å². The first-order valence-corrected chi connectivity index (χ1v) is 10.6. The van der Waals surface area contributed by atoms with Crippen molar-refractivity contribution in [3.63, 3.8) is 0 Å². The van der Waals surface area contributed by atoms with Crippen LogP contribution in [0.3, 0.4) is 0 Å². The van der Waals surface area contributed by atoms with E-state index in [4.69, 9.17) is 20.9 Å². The molecule has 0 spiro atoms. The Hall–Kier alpha value is -3.10. The summed E-state index contributed by atoms with van der Waals surface area (Å²) >= 11 is 9.28. The third kappa shape index (κ3) is 5.34. The monoisotopic (exact) mass is 500 g/mol. The molecule has 0 aliphatic carbocycles. The number of benzene rings is 2. The van der Waals surface area contributed by atoms with Crippen LogP contribution in [0, 0.1) is 6.92 Å². The molecule has 0 aliphatic rings. The second-order valence-electron chi connectivity index (χ2n) is 6.82. The van der Waals surface area contributed by atoms with E-state index in [1.165, 1.54) is 0 Å². The fraction of sp³-hybridized carbons (Fsp3) is 0.136. The summed E-state index contributed by atoms with van der Waals surface area (Å²) in [4.78, 5) is 12.8. The molecule has 0 unspecified atom stereocenters. The summed E-state index contributed by atoms with van der Waals surface area (Å²) in [7, 11) is 0. The summed E-state index contributed by atoms with van der Waals surface area (Å²) in [5, 5.41) is 11.7. The van der Waals surface area contributed by atoms with Crippen LogP contribution in [-0.2, 0) is 13.2 Å². The molecule has 0 bridgehead atoms. The van der Waals surface area contributed by atoms with Crippen LogP contribution in [0.25, 0.3) is 0 Å². The molecule has 31 heavy (non-hydrogen) atoms. The van der Waals surface area contributed by atoms with Crippen LogP contribution in [0.1, 0.15) is 27.4 Å². The summed E-state index contributed by atoms with van der Waals surface area (Å²) in [5.41, 5.74) is 2.42. The highest BCUT2D eigenvalue weighted by Gasteiger charge is 2.20. The van der Waals surface area contributed by atoms with Gasteiger partial charge >= 0.3 is 0 Å². The smallest absolute Gasteiger partial charge is 0.278 e. The van der Waals surface area contributed by atoms with Crippen molar-refractivity contribution in [1.82, 2.24) is 14.9 Å². The summed E-state index contributed by atoms with van der Waals surface area (Å²) in [6, 6.07) is 14.5. The number of carbonyl (C=O) groups is 1. The number of amides is 1. The topological polar surface area (TPSA) is 82.2 Å². The molecule has 0 saturated heterocycles. The number of ether oxygens (including phenoxy) is 1. The van der Waals surface area contributed by atoms with Crippen molar-refractivity contribution >= 4 is 39.1 Å². The van der Waals surface area contributed by atoms with E-state index < -0.39 is 0 Å². The van der Waals surface area contributed by atoms with Crippen molar-refractivity contribution in [1.29, 1.82) is 0 Å². The van der Waals surface area contributed by atoms with Crippen LogP contribution < -0.4 is 10.1 Å². The molecule has 2 heterocycles. The zero-order valence-corrected chi connectivity index (χ0v) is 18.9. The van der Waals surface area contributed by atoms with E-state index in [-0.39, 0.29) is 18.2 Å². The predicted molar refractivity (Wildman–Crippen MR) is 120 cm³/mol. The molecule has 0 atom stereocenters. The molecule has 1 N–H and O–H groups in total. The Labute approximate surface area is 192 Å². The Morgan fingerprint density at radius 1 is 1.26 bits per heavy atom. The number of nitrogens with one attached hydrogen (secondary N) is 1. The van der Waals surface area contributed by atoms with E-state index in [1.807, 2.05) is 30.5 Å². The minimum Gasteiger partial charge on any atom is -0.489 e. The normalized spacial score (nSPS) is 10.8. The fourth-order valence-corrected chi connectivity index (χ4v) is 3.43. The van der Waals surface area contributed by atoms with Gasteiger partial charge in [-0.25, -0.2) is 0 Å². The van der Waals surface area contributed by atoms with Gasteiger partial charge in [0.2, 0.25) is 0 Å². The number of anilines is 1.